The predicted molar refractivity (Wildman–Crippen MR) is 73.7 cm³/mol. The fourth-order valence-corrected chi connectivity index (χ4v) is 1.73. The minimum absolute atomic E-state index is 0.146. The number of carboxylic acid groups (broad SMARTS) is 1. The first-order valence-electron chi connectivity index (χ1n) is 5.99. The van der Waals surface area contributed by atoms with Crippen LogP contribution in [0.4, 0.5) is 5.69 Å². The molecule has 0 amide bonds. The molecule has 2 aromatic carbocycles. The summed E-state index contributed by atoms with van der Waals surface area (Å²) in [6, 6.07) is 12.1. The van der Waals surface area contributed by atoms with Crippen LogP contribution in [0.2, 0.25) is 0 Å². The maximum absolute atomic E-state index is 10.8. The molecule has 3 N–H and O–H groups in total. The molecule has 0 fully saturated rings. The van der Waals surface area contributed by atoms with Crippen LogP contribution in [0.3, 0.4) is 0 Å². The highest BCUT2D eigenvalue weighted by Gasteiger charge is 2.08. The topological polar surface area (TPSA) is 72.5 Å². The smallest absolute Gasteiger partial charge is 0.335 e. The average Bonchev–Trinajstić information content (AvgIpc) is 2.41. The van der Waals surface area contributed by atoms with Gasteiger partial charge in [0.25, 0.3) is 0 Å². The van der Waals surface area contributed by atoms with Crippen molar-refractivity contribution < 1.29 is 14.6 Å². The Balaban J connectivity index is 2.25. The van der Waals surface area contributed by atoms with Crippen LogP contribution in [-0.4, -0.2) is 11.1 Å². The Morgan fingerprint density at radius 2 is 2.05 bits per heavy atom. The largest absolute Gasteiger partial charge is 0.478 e. The zero-order valence-electron chi connectivity index (χ0n) is 10.6. The van der Waals surface area contributed by atoms with Gasteiger partial charge in [-0.15, -0.1) is 0 Å². The summed E-state index contributed by atoms with van der Waals surface area (Å²) in [6.45, 7) is 2.06. The molecule has 0 aliphatic heterocycles. The number of aryl methyl sites for hydroxylation is 1. The van der Waals surface area contributed by atoms with Gasteiger partial charge in [0.15, 0.2) is 0 Å². The maximum atomic E-state index is 10.8. The third-order valence-electron chi connectivity index (χ3n) is 2.79. The number of nitrogen functional groups attached to an aromatic ring is 1. The number of hydrogen-bond acceptors (Lipinski definition) is 3. The van der Waals surface area contributed by atoms with Crippen LogP contribution in [0.1, 0.15) is 22.8 Å². The molecular formula is C15H15NO3. The van der Waals surface area contributed by atoms with Crippen LogP contribution in [0.5, 0.6) is 11.5 Å². The molecule has 19 heavy (non-hydrogen) atoms. The lowest BCUT2D eigenvalue weighted by molar-refractivity contribution is 0.0697. The second kappa shape index (κ2) is 5.44. The van der Waals surface area contributed by atoms with Gasteiger partial charge in [-0.3, -0.25) is 0 Å². The Hall–Kier alpha value is -2.49. The fraction of sp³-hybridized carbons (Fsp3) is 0.133. The lowest BCUT2D eigenvalue weighted by atomic mass is 10.1. The average molecular weight is 257 g/mol. The number of carboxylic acids is 1. The fourth-order valence-electron chi connectivity index (χ4n) is 1.73. The standard InChI is InChI=1S/C15H15NO3/c1-2-10-4-3-5-12(8-10)19-14-7-6-11(15(17)18)9-13(14)16/h3-9H,2,16H2,1H3,(H,17,18). The highest BCUT2D eigenvalue weighted by Crippen LogP contribution is 2.28. The van der Waals surface area contributed by atoms with E-state index >= 15 is 0 Å². The van der Waals surface area contributed by atoms with E-state index in [1.54, 1.807) is 6.07 Å². The van der Waals surface area contributed by atoms with Crippen LogP contribution in [0.25, 0.3) is 0 Å². The molecule has 0 saturated carbocycles. The third kappa shape index (κ3) is 3.04. The zero-order chi connectivity index (χ0) is 13.8. The minimum Gasteiger partial charge on any atom is -0.478 e. The van der Waals surface area contributed by atoms with Crippen molar-refractivity contribution in [1.29, 1.82) is 0 Å². The molecule has 0 spiro atoms. The molecule has 0 heterocycles. The minimum atomic E-state index is -1.01. The van der Waals surface area contributed by atoms with Crippen molar-refractivity contribution in [2.24, 2.45) is 0 Å². The summed E-state index contributed by atoms with van der Waals surface area (Å²) in [5, 5.41) is 8.86. The quantitative estimate of drug-likeness (QED) is 0.824. The van der Waals surface area contributed by atoms with Gasteiger partial charge in [-0.2, -0.15) is 0 Å². The Labute approximate surface area is 111 Å². The van der Waals surface area contributed by atoms with Gasteiger partial charge in [0.1, 0.15) is 11.5 Å². The van der Waals surface area contributed by atoms with E-state index in [2.05, 4.69) is 6.92 Å². The van der Waals surface area contributed by atoms with Gasteiger partial charge in [0, 0.05) is 0 Å². The number of aromatic carboxylic acids is 1. The van der Waals surface area contributed by atoms with Crippen molar-refractivity contribution in [3.8, 4) is 11.5 Å². The molecule has 0 saturated heterocycles. The molecule has 2 rings (SSSR count). The third-order valence-corrected chi connectivity index (χ3v) is 2.79. The Morgan fingerprint density at radius 1 is 1.26 bits per heavy atom. The highest BCUT2D eigenvalue weighted by atomic mass is 16.5. The molecule has 0 aliphatic rings. The van der Waals surface area contributed by atoms with Crippen molar-refractivity contribution in [3.63, 3.8) is 0 Å². The molecule has 0 atom stereocenters. The molecular weight excluding hydrogens is 242 g/mol. The SMILES string of the molecule is CCc1cccc(Oc2ccc(C(=O)O)cc2N)c1. The molecule has 0 bridgehead atoms. The van der Waals surface area contributed by atoms with Gasteiger partial charge in [-0.05, 0) is 42.3 Å². The van der Waals surface area contributed by atoms with E-state index in [1.807, 2.05) is 24.3 Å². The number of nitrogens with two attached hydrogens (primary N) is 1. The van der Waals surface area contributed by atoms with Gasteiger partial charge >= 0.3 is 5.97 Å². The highest BCUT2D eigenvalue weighted by molar-refractivity contribution is 5.89. The summed E-state index contributed by atoms with van der Waals surface area (Å²) in [4.78, 5) is 10.8. The number of benzene rings is 2. The molecule has 2 aromatic rings. The monoisotopic (exact) mass is 257 g/mol. The summed E-state index contributed by atoms with van der Waals surface area (Å²) >= 11 is 0. The van der Waals surface area contributed by atoms with Crippen LogP contribution in [0.15, 0.2) is 42.5 Å². The lowest BCUT2D eigenvalue weighted by Gasteiger charge is -2.10. The lowest BCUT2D eigenvalue weighted by Crippen LogP contribution is -1.99. The molecule has 4 nitrogen and oxygen atoms in total. The first-order valence-corrected chi connectivity index (χ1v) is 5.99. The van der Waals surface area contributed by atoms with Crippen molar-refractivity contribution in [2.45, 2.75) is 13.3 Å². The molecule has 0 aromatic heterocycles. The van der Waals surface area contributed by atoms with E-state index < -0.39 is 5.97 Å². The van der Waals surface area contributed by atoms with Crippen molar-refractivity contribution in [1.82, 2.24) is 0 Å². The van der Waals surface area contributed by atoms with E-state index in [9.17, 15) is 4.79 Å². The second-order valence-electron chi connectivity index (χ2n) is 4.16. The molecule has 0 radical (unpaired) electrons. The number of carbonyl (C=O) groups is 1. The van der Waals surface area contributed by atoms with E-state index in [4.69, 9.17) is 15.6 Å². The summed E-state index contributed by atoms with van der Waals surface area (Å²) in [6.07, 6.45) is 0.921. The number of anilines is 1. The molecule has 0 unspecified atom stereocenters. The molecule has 0 aliphatic carbocycles. The normalized spacial score (nSPS) is 10.2. The Bertz CT molecular complexity index is 608. The van der Waals surface area contributed by atoms with Crippen molar-refractivity contribution in [3.05, 3.63) is 53.6 Å². The Kier molecular flexibility index (Phi) is 3.71. The van der Waals surface area contributed by atoms with E-state index in [0.29, 0.717) is 17.2 Å². The van der Waals surface area contributed by atoms with Crippen LogP contribution in [0, 0.1) is 0 Å². The second-order valence-corrected chi connectivity index (χ2v) is 4.16. The van der Waals surface area contributed by atoms with Crippen molar-refractivity contribution >= 4 is 11.7 Å². The predicted octanol–water partition coefficient (Wildman–Crippen LogP) is 3.32. The van der Waals surface area contributed by atoms with E-state index in [0.717, 1.165) is 6.42 Å². The first kappa shape index (κ1) is 13.0. The van der Waals surface area contributed by atoms with Crippen LogP contribution >= 0.6 is 0 Å². The van der Waals surface area contributed by atoms with E-state index in [-0.39, 0.29) is 5.56 Å². The zero-order valence-corrected chi connectivity index (χ0v) is 10.6. The number of hydrogen-bond donors (Lipinski definition) is 2. The summed E-state index contributed by atoms with van der Waals surface area (Å²) in [5.41, 5.74) is 7.41. The molecule has 98 valence electrons. The van der Waals surface area contributed by atoms with E-state index in [1.165, 1.54) is 17.7 Å². The van der Waals surface area contributed by atoms with Gasteiger partial charge in [0.2, 0.25) is 0 Å². The van der Waals surface area contributed by atoms with Crippen LogP contribution in [-0.2, 0) is 6.42 Å². The number of ether oxygens (including phenoxy) is 1. The van der Waals surface area contributed by atoms with Crippen molar-refractivity contribution in [2.75, 3.05) is 5.73 Å². The first-order chi connectivity index (χ1) is 9.10. The van der Waals surface area contributed by atoms with Gasteiger partial charge in [-0.1, -0.05) is 19.1 Å². The summed E-state index contributed by atoms with van der Waals surface area (Å²) in [5.74, 6) is 0.138. The summed E-state index contributed by atoms with van der Waals surface area (Å²) < 4.78 is 5.67. The Morgan fingerprint density at radius 3 is 2.68 bits per heavy atom. The van der Waals surface area contributed by atoms with Crippen LogP contribution < -0.4 is 10.5 Å². The van der Waals surface area contributed by atoms with Gasteiger partial charge in [0.05, 0.1) is 11.3 Å². The number of rotatable bonds is 4. The maximum Gasteiger partial charge on any atom is 0.335 e. The van der Waals surface area contributed by atoms with Gasteiger partial charge < -0.3 is 15.6 Å². The molecule has 4 heteroatoms. The summed E-state index contributed by atoms with van der Waals surface area (Å²) in [7, 11) is 0. The van der Waals surface area contributed by atoms with Gasteiger partial charge in [-0.25, -0.2) is 4.79 Å².